The minimum atomic E-state index is 0.926. The molecule has 1 saturated carbocycles. The van der Waals surface area contributed by atoms with Crippen LogP contribution in [0.1, 0.15) is 52.4 Å². The second kappa shape index (κ2) is 4.33. The first-order valence-electron chi connectivity index (χ1n) is 6.12. The molecule has 0 atom stereocenters. The van der Waals surface area contributed by atoms with E-state index in [0.29, 0.717) is 0 Å². The van der Waals surface area contributed by atoms with E-state index in [1.54, 1.807) is 11.1 Å². The van der Waals surface area contributed by atoms with Gasteiger partial charge in [0.2, 0.25) is 0 Å². The third kappa shape index (κ3) is 2.29. The zero-order chi connectivity index (χ0) is 9.97. The van der Waals surface area contributed by atoms with Gasteiger partial charge in [0.25, 0.3) is 0 Å². The summed E-state index contributed by atoms with van der Waals surface area (Å²) in [6.07, 6.45) is 13.2. The van der Waals surface area contributed by atoms with Gasteiger partial charge in [-0.05, 0) is 44.4 Å². The molecule has 0 heterocycles. The Morgan fingerprint density at radius 3 is 2.29 bits per heavy atom. The van der Waals surface area contributed by atoms with E-state index in [0.717, 1.165) is 11.8 Å². The van der Waals surface area contributed by atoms with Crippen LogP contribution in [0, 0.1) is 11.8 Å². The van der Waals surface area contributed by atoms with E-state index in [2.05, 4.69) is 26.0 Å². The maximum atomic E-state index is 2.40. The van der Waals surface area contributed by atoms with Crippen molar-refractivity contribution in [1.29, 1.82) is 0 Å². The molecule has 0 spiro atoms. The smallest absolute Gasteiger partial charge is 0.0200 e. The molecule has 0 aromatic rings. The lowest BCUT2D eigenvalue weighted by Crippen LogP contribution is -2.15. The molecule has 2 aliphatic carbocycles. The fraction of sp³-hybridized carbons (Fsp3) is 0.714. The van der Waals surface area contributed by atoms with Crippen LogP contribution in [0.3, 0.4) is 0 Å². The van der Waals surface area contributed by atoms with E-state index in [-0.39, 0.29) is 0 Å². The molecule has 0 aliphatic heterocycles. The molecule has 0 amide bonds. The Morgan fingerprint density at radius 1 is 1.00 bits per heavy atom. The first kappa shape index (κ1) is 10.0. The fourth-order valence-electron chi connectivity index (χ4n) is 2.73. The SMILES string of the molecule is CC1=CC=C(C2CCC(C)CC2)CC1. The molecule has 0 aromatic heterocycles. The van der Waals surface area contributed by atoms with E-state index < -0.39 is 0 Å². The molecular weight excluding hydrogens is 168 g/mol. The van der Waals surface area contributed by atoms with Crippen molar-refractivity contribution in [2.24, 2.45) is 11.8 Å². The molecule has 0 radical (unpaired) electrons. The predicted molar refractivity (Wildman–Crippen MR) is 62.2 cm³/mol. The van der Waals surface area contributed by atoms with Gasteiger partial charge in [-0.2, -0.15) is 0 Å². The minimum absolute atomic E-state index is 0.926. The Hall–Kier alpha value is -0.520. The summed E-state index contributed by atoms with van der Waals surface area (Å²) < 4.78 is 0. The molecule has 0 nitrogen and oxygen atoms in total. The van der Waals surface area contributed by atoms with Crippen molar-refractivity contribution in [2.75, 3.05) is 0 Å². The van der Waals surface area contributed by atoms with Crippen molar-refractivity contribution in [3.63, 3.8) is 0 Å². The van der Waals surface area contributed by atoms with Gasteiger partial charge in [0, 0.05) is 0 Å². The van der Waals surface area contributed by atoms with E-state index in [4.69, 9.17) is 0 Å². The maximum absolute atomic E-state index is 2.40. The molecule has 0 heteroatoms. The Kier molecular flexibility index (Phi) is 3.10. The van der Waals surface area contributed by atoms with Crippen LogP contribution in [-0.2, 0) is 0 Å². The molecule has 2 aliphatic rings. The lowest BCUT2D eigenvalue weighted by atomic mass is 9.77. The average molecular weight is 190 g/mol. The number of hydrogen-bond acceptors (Lipinski definition) is 0. The molecule has 0 bridgehead atoms. The quantitative estimate of drug-likeness (QED) is 0.572. The first-order chi connectivity index (χ1) is 6.75. The van der Waals surface area contributed by atoms with Crippen molar-refractivity contribution in [2.45, 2.75) is 52.4 Å². The molecule has 0 aromatic carbocycles. The molecule has 14 heavy (non-hydrogen) atoms. The molecule has 0 unspecified atom stereocenters. The van der Waals surface area contributed by atoms with Crippen LogP contribution >= 0.6 is 0 Å². The molecule has 0 saturated heterocycles. The highest BCUT2D eigenvalue weighted by Gasteiger charge is 2.21. The predicted octanol–water partition coefficient (Wildman–Crippen LogP) is 4.48. The first-order valence-corrected chi connectivity index (χ1v) is 6.12. The van der Waals surface area contributed by atoms with Gasteiger partial charge in [0.05, 0.1) is 0 Å². The molecule has 0 N–H and O–H groups in total. The summed E-state index contributed by atoms with van der Waals surface area (Å²) in [5, 5.41) is 0. The summed E-state index contributed by atoms with van der Waals surface area (Å²) in [6, 6.07) is 0. The average Bonchev–Trinajstić information content (AvgIpc) is 2.21. The van der Waals surface area contributed by atoms with Gasteiger partial charge in [-0.3, -0.25) is 0 Å². The zero-order valence-corrected chi connectivity index (χ0v) is 9.55. The highest BCUT2D eigenvalue weighted by Crippen LogP contribution is 2.36. The Bertz CT molecular complexity index is 249. The monoisotopic (exact) mass is 190 g/mol. The summed E-state index contributed by atoms with van der Waals surface area (Å²) in [4.78, 5) is 0. The van der Waals surface area contributed by atoms with Gasteiger partial charge >= 0.3 is 0 Å². The van der Waals surface area contributed by atoms with Crippen LogP contribution in [0.4, 0.5) is 0 Å². The van der Waals surface area contributed by atoms with Gasteiger partial charge in [0.15, 0.2) is 0 Å². The van der Waals surface area contributed by atoms with Crippen LogP contribution < -0.4 is 0 Å². The normalized spacial score (nSPS) is 33.6. The summed E-state index contributed by atoms with van der Waals surface area (Å²) in [7, 11) is 0. The van der Waals surface area contributed by atoms with Gasteiger partial charge in [0.1, 0.15) is 0 Å². The molecular formula is C14H22. The second-order valence-electron chi connectivity index (χ2n) is 5.21. The van der Waals surface area contributed by atoms with E-state index in [1.807, 2.05) is 0 Å². The Labute approximate surface area is 88.1 Å². The Morgan fingerprint density at radius 2 is 1.71 bits per heavy atom. The lowest BCUT2D eigenvalue weighted by molar-refractivity contribution is 0.315. The van der Waals surface area contributed by atoms with Crippen molar-refractivity contribution in [1.82, 2.24) is 0 Å². The maximum Gasteiger partial charge on any atom is -0.0200 e. The fourth-order valence-corrected chi connectivity index (χ4v) is 2.73. The summed E-state index contributed by atoms with van der Waals surface area (Å²) in [5.74, 6) is 1.91. The van der Waals surface area contributed by atoms with Crippen molar-refractivity contribution < 1.29 is 0 Å². The summed E-state index contributed by atoms with van der Waals surface area (Å²) in [6.45, 7) is 4.64. The summed E-state index contributed by atoms with van der Waals surface area (Å²) >= 11 is 0. The van der Waals surface area contributed by atoms with Crippen LogP contribution in [-0.4, -0.2) is 0 Å². The van der Waals surface area contributed by atoms with Crippen LogP contribution in [0.25, 0.3) is 0 Å². The molecule has 2 rings (SSSR count). The Balaban J connectivity index is 1.96. The number of allylic oxidation sites excluding steroid dienone is 4. The third-order valence-corrected chi connectivity index (χ3v) is 3.93. The van der Waals surface area contributed by atoms with E-state index in [1.165, 1.54) is 38.5 Å². The standard InChI is InChI=1S/C14H22/c1-11-3-7-13(8-4-11)14-9-5-12(2)6-10-14/h3,7,12,14H,4-6,8-10H2,1-2H3. The minimum Gasteiger partial charge on any atom is -0.0730 e. The van der Waals surface area contributed by atoms with Crippen LogP contribution in [0.15, 0.2) is 23.3 Å². The van der Waals surface area contributed by atoms with Gasteiger partial charge in [-0.15, -0.1) is 0 Å². The van der Waals surface area contributed by atoms with Crippen molar-refractivity contribution >= 4 is 0 Å². The van der Waals surface area contributed by atoms with Crippen molar-refractivity contribution in [3.8, 4) is 0 Å². The lowest BCUT2D eigenvalue weighted by Gasteiger charge is -2.29. The second-order valence-corrected chi connectivity index (χ2v) is 5.21. The van der Waals surface area contributed by atoms with E-state index in [9.17, 15) is 0 Å². The molecule has 1 fully saturated rings. The van der Waals surface area contributed by atoms with Gasteiger partial charge < -0.3 is 0 Å². The topological polar surface area (TPSA) is 0 Å². The van der Waals surface area contributed by atoms with Crippen LogP contribution in [0.2, 0.25) is 0 Å². The van der Waals surface area contributed by atoms with E-state index >= 15 is 0 Å². The van der Waals surface area contributed by atoms with Gasteiger partial charge in [-0.1, -0.05) is 43.1 Å². The van der Waals surface area contributed by atoms with Crippen molar-refractivity contribution in [3.05, 3.63) is 23.3 Å². The molecule has 78 valence electrons. The summed E-state index contributed by atoms with van der Waals surface area (Å²) in [5.41, 5.74) is 3.29. The zero-order valence-electron chi connectivity index (χ0n) is 9.55. The largest absolute Gasteiger partial charge is 0.0730 e. The number of rotatable bonds is 1. The highest BCUT2D eigenvalue weighted by atomic mass is 14.3. The van der Waals surface area contributed by atoms with Crippen LogP contribution in [0.5, 0.6) is 0 Å². The highest BCUT2D eigenvalue weighted by molar-refractivity contribution is 5.24. The van der Waals surface area contributed by atoms with Gasteiger partial charge in [-0.25, -0.2) is 0 Å². The third-order valence-electron chi connectivity index (χ3n) is 3.93. The number of hydrogen-bond donors (Lipinski definition) is 0.